The topological polar surface area (TPSA) is 79.5 Å². The van der Waals surface area contributed by atoms with E-state index in [-0.39, 0.29) is 11.9 Å². The number of amides is 1. The normalized spacial score (nSPS) is 23.3. The van der Waals surface area contributed by atoms with Crippen molar-refractivity contribution in [2.24, 2.45) is 11.8 Å². The van der Waals surface area contributed by atoms with Crippen LogP contribution in [0.3, 0.4) is 0 Å². The zero-order valence-electron chi connectivity index (χ0n) is 11.6. The molecule has 0 bridgehead atoms. The van der Waals surface area contributed by atoms with Gasteiger partial charge in [0.2, 0.25) is 5.91 Å². The summed E-state index contributed by atoms with van der Waals surface area (Å²) < 4.78 is 5.46. The van der Waals surface area contributed by atoms with Gasteiger partial charge in [0.25, 0.3) is 0 Å². The molecule has 108 valence electrons. The van der Waals surface area contributed by atoms with Crippen molar-refractivity contribution < 1.29 is 19.1 Å². The third kappa shape index (κ3) is 3.10. The van der Waals surface area contributed by atoms with E-state index in [0.717, 1.165) is 5.76 Å². The van der Waals surface area contributed by atoms with Crippen molar-refractivity contribution in [2.75, 3.05) is 0 Å². The standard InChI is InChI=1S/C15H19NO4/c1-9-7-8-13(20-9)10(2)16-14(17)11-5-3-4-6-12(11)15(18)19/h3-4,7-8,10-12H,5-6H2,1-2H3,(H,16,17)(H,18,19). The average molecular weight is 277 g/mol. The first-order chi connectivity index (χ1) is 9.49. The van der Waals surface area contributed by atoms with Gasteiger partial charge in [0.05, 0.1) is 17.9 Å². The predicted octanol–water partition coefficient (Wildman–Crippen LogP) is 2.43. The fraction of sp³-hybridized carbons (Fsp3) is 0.467. The molecule has 0 radical (unpaired) electrons. The molecule has 0 saturated carbocycles. The highest BCUT2D eigenvalue weighted by Crippen LogP contribution is 2.27. The molecule has 0 aliphatic heterocycles. The maximum absolute atomic E-state index is 12.3. The van der Waals surface area contributed by atoms with E-state index < -0.39 is 17.8 Å². The van der Waals surface area contributed by atoms with Crippen LogP contribution in [0.2, 0.25) is 0 Å². The van der Waals surface area contributed by atoms with Gasteiger partial charge in [-0.2, -0.15) is 0 Å². The summed E-state index contributed by atoms with van der Waals surface area (Å²) in [5, 5.41) is 12.0. The van der Waals surface area contributed by atoms with E-state index in [0.29, 0.717) is 18.6 Å². The lowest BCUT2D eigenvalue weighted by molar-refractivity contribution is -0.147. The summed E-state index contributed by atoms with van der Waals surface area (Å²) in [4.78, 5) is 23.4. The lowest BCUT2D eigenvalue weighted by Gasteiger charge is -2.25. The zero-order valence-corrected chi connectivity index (χ0v) is 11.6. The molecule has 1 aliphatic rings. The number of carbonyl (C=O) groups excluding carboxylic acids is 1. The van der Waals surface area contributed by atoms with Crippen molar-refractivity contribution >= 4 is 11.9 Å². The number of nitrogens with one attached hydrogen (secondary N) is 1. The summed E-state index contributed by atoms with van der Waals surface area (Å²) in [6.45, 7) is 3.66. The van der Waals surface area contributed by atoms with E-state index in [1.54, 1.807) is 0 Å². The Balaban J connectivity index is 2.03. The van der Waals surface area contributed by atoms with Crippen LogP contribution < -0.4 is 5.32 Å². The number of furan rings is 1. The highest BCUT2D eigenvalue weighted by molar-refractivity contribution is 5.85. The molecule has 1 amide bonds. The number of hydrogen-bond acceptors (Lipinski definition) is 3. The summed E-state index contributed by atoms with van der Waals surface area (Å²) >= 11 is 0. The maximum Gasteiger partial charge on any atom is 0.307 e. The Kier molecular flexibility index (Phi) is 4.27. The largest absolute Gasteiger partial charge is 0.481 e. The lowest BCUT2D eigenvalue weighted by atomic mass is 9.82. The van der Waals surface area contributed by atoms with Gasteiger partial charge < -0.3 is 14.8 Å². The van der Waals surface area contributed by atoms with E-state index >= 15 is 0 Å². The number of rotatable bonds is 4. The van der Waals surface area contributed by atoms with Crippen molar-refractivity contribution in [1.29, 1.82) is 0 Å². The summed E-state index contributed by atoms with van der Waals surface area (Å²) in [6, 6.07) is 3.38. The van der Waals surface area contributed by atoms with Gasteiger partial charge in [-0.25, -0.2) is 0 Å². The van der Waals surface area contributed by atoms with E-state index in [1.807, 2.05) is 38.1 Å². The van der Waals surface area contributed by atoms with Crippen molar-refractivity contribution in [3.63, 3.8) is 0 Å². The molecule has 1 aromatic heterocycles. The highest BCUT2D eigenvalue weighted by Gasteiger charge is 2.34. The van der Waals surface area contributed by atoms with Gasteiger partial charge in [0.15, 0.2) is 0 Å². The van der Waals surface area contributed by atoms with Crippen molar-refractivity contribution in [3.05, 3.63) is 35.8 Å². The summed E-state index contributed by atoms with van der Waals surface area (Å²) in [6.07, 6.45) is 4.56. The molecule has 2 rings (SSSR count). The van der Waals surface area contributed by atoms with Crippen molar-refractivity contribution in [1.82, 2.24) is 5.32 Å². The van der Waals surface area contributed by atoms with Crippen LogP contribution in [-0.2, 0) is 9.59 Å². The van der Waals surface area contributed by atoms with Crippen LogP contribution in [0.15, 0.2) is 28.7 Å². The molecule has 1 aliphatic carbocycles. The second kappa shape index (κ2) is 5.94. The molecule has 2 N–H and O–H groups in total. The number of allylic oxidation sites excluding steroid dienone is 2. The second-order valence-electron chi connectivity index (χ2n) is 5.17. The molecule has 5 nitrogen and oxygen atoms in total. The molecule has 0 aromatic carbocycles. The van der Waals surface area contributed by atoms with Crippen LogP contribution in [0.4, 0.5) is 0 Å². The third-order valence-electron chi connectivity index (χ3n) is 3.63. The fourth-order valence-corrected chi connectivity index (χ4v) is 2.45. The average Bonchev–Trinajstić information content (AvgIpc) is 2.85. The molecule has 5 heteroatoms. The van der Waals surface area contributed by atoms with Crippen LogP contribution in [0.5, 0.6) is 0 Å². The van der Waals surface area contributed by atoms with E-state index in [2.05, 4.69) is 5.32 Å². The number of carboxylic acid groups (broad SMARTS) is 1. The van der Waals surface area contributed by atoms with Gasteiger partial charge in [0.1, 0.15) is 11.5 Å². The third-order valence-corrected chi connectivity index (χ3v) is 3.63. The Bertz CT molecular complexity index is 532. The van der Waals surface area contributed by atoms with Gasteiger partial charge >= 0.3 is 5.97 Å². The minimum Gasteiger partial charge on any atom is -0.481 e. The summed E-state index contributed by atoms with van der Waals surface area (Å²) in [5.74, 6) is -0.861. The van der Waals surface area contributed by atoms with E-state index in [9.17, 15) is 14.7 Å². The molecular formula is C15H19NO4. The van der Waals surface area contributed by atoms with Crippen LogP contribution in [-0.4, -0.2) is 17.0 Å². The fourth-order valence-electron chi connectivity index (χ4n) is 2.45. The minimum absolute atomic E-state index is 0.233. The van der Waals surface area contributed by atoms with Crippen molar-refractivity contribution in [2.45, 2.75) is 32.7 Å². The summed E-state index contributed by atoms with van der Waals surface area (Å²) in [5.41, 5.74) is 0. The molecule has 0 spiro atoms. The van der Waals surface area contributed by atoms with Gasteiger partial charge in [0, 0.05) is 0 Å². The first-order valence-corrected chi connectivity index (χ1v) is 6.73. The first-order valence-electron chi connectivity index (χ1n) is 6.73. The second-order valence-corrected chi connectivity index (χ2v) is 5.17. The Morgan fingerprint density at radius 1 is 1.30 bits per heavy atom. The Morgan fingerprint density at radius 3 is 2.50 bits per heavy atom. The quantitative estimate of drug-likeness (QED) is 0.828. The number of aryl methyl sites for hydroxylation is 1. The van der Waals surface area contributed by atoms with Gasteiger partial charge in [-0.15, -0.1) is 0 Å². The molecule has 1 aromatic rings. The monoisotopic (exact) mass is 277 g/mol. The SMILES string of the molecule is Cc1ccc(C(C)NC(=O)C2CC=CCC2C(=O)O)o1. The van der Waals surface area contributed by atoms with Crippen LogP contribution >= 0.6 is 0 Å². The summed E-state index contributed by atoms with van der Waals surface area (Å²) in [7, 11) is 0. The predicted molar refractivity (Wildman–Crippen MR) is 73.0 cm³/mol. The highest BCUT2D eigenvalue weighted by atomic mass is 16.4. The molecule has 0 fully saturated rings. The Hall–Kier alpha value is -2.04. The lowest BCUT2D eigenvalue weighted by Crippen LogP contribution is -2.39. The minimum atomic E-state index is -0.920. The first kappa shape index (κ1) is 14.4. The van der Waals surface area contributed by atoms with Crippen LogP contribution in [0.1, 0.15) is 37.3 Å². The molecule has 0 saturated heterocycles. The molecule has 3 atom stereocenters. The van der Waals surface area contributed by atoms with Gasteiger partial charge in [-0.3, -0.25) is 9.59 Å². The molecule has 3 unspecified atom stereocenters. The van der Waals surface area contributed by atoms with Gasteiger partial charge in [-0.05, 0) is 38.8 Å². The number of aliphatic carboxylic acids is 1. The van der Waals surface area contributed by atoms with E-state index in [1.165, 1.54) is 0 Å². The number of carboxylic acids is 1. The Morgan fingerprint density at radius 2 is 1.95 bits per heavy atom. The molecule has 20 heavy (non-hydrogen) atoms. The maximum atomic E-state index is 12.3. The van der Waals surface area contributed by atoms with Crippen molar-refractivity contribution in [3.8, 4) is 0 Å². The van der Waals surface area contributed by atoms with Crippen LogP contribution in [0, 0.1) is 18.8 Å². The molecular weight excluding hydrogens is 258 g/mol. The smallest absolute Gasteiger partial charge is 0.307 e. The van der Waals surface area contributed by atoms with E-state index in [4.69, 9.17) is 4.42 Å². The zero-order chi connectivity index (χ0) is 14.7. The van der Waals surface area contributed by atoms with Gasteiger partial charge in [-0.1, -0.05) is 12.2 Å². The van der Waals surface area contributed by atoms with Crippen LogP contribution in [0.25, 0.3) is 0 Å². The molecule has 1 heterocycles. The number of hydrogen-bond donors (Lipinski definition) is 2. The Labute approximate surface area is 117 Å². The number of carbonyl (C=O) groups is 2.